The highest BCUT2D eigenvalue weighted by atomic mass is 79.9. The van der Waals surface area contributed by atoms with Crippen molar-refractivity contribution in [3.63, 3.8) is 0 Å². The lowest BCUT2D eigenvalue weighted by atomic mass is 9.79. The first-order chi connectivity index (χ1) is 13.2. The minimum atomic E-state index is -0.430. The van der Waals surface area contributed by atoms with Crippen LogP contribution in [0.4, 0.5) is 16.2 Å². The number of likely N-dealkylation sites (tertiary alicyclic amines) is 1. The van der Waals surface area contributed by atoms with Crippen molar-refractivity contribution < 1.29 is 9.53 Å². The van der Waals surface area contributed by atoms with Crippen LogP contribution in [0.15, 0.2) is 22.7 Å². The van der Waals surface area contributed by atoms with E-state index in [1.807, 2.05) is 37.8 Å². The number of piperidine rings is 2. The summed E-state index contributed by atoms with van der Waals surface area (Å²) in [6.45, 7) is 16.7. The maximum Gasteiger partial charge on any atom is 0.410 e. The summed E-state index contributed by atoms with van der Waals surface area (Å²) < 4.78 is 6.47. The summed E-state index contributed by atoms with van der Waals surface area (Å²) in [6, 6.07) is 5.95. The molecule has 2 aliphatic rings. The van der Waals surface area contributed by atoms with Gasteiger partial charge in [0.05, 0.1) is 6.57 Å². The number of benzene rings is 1. The van der Waals surface area contributed by atoms with Crippen molar-refractivity contribution in [2.24, 2.45) is 11.8 Å². The molecule has 0 aliphatic carbocycles. The highest BCUT2D eigenvalue weighted by Crippen LogP contribution is 2.35. The van der Waals surface area contributed by atoms with E-state index in [0.29, 0.717) is 11.6 Å². The largest absolute Gasteiger partial charge is 0.444 e. The Kier molecular flexibility index (Phi) is 6.54. The molecule has 0 radical (unpaired) electrons. The Morgan fingerprint density at radius 3 is 2.18 bits per heavy atom. The Labute approximate surface area is 177 Å². The van der Waals surface area contributed by atoms with E-state index in [2.05, 4.69) is 31.7 Å². The summed E-state index contributed by atoms with van der Waals surface area (Å²) in [5.41, 5.74) is 1.39. The van der Waals surface area contributed by atoms with E-state index in [-0.39, 0.29) is 6.09 Å². The second-order valence-corrected chi connectivity index (χ2v) is 9.82. The fourth-order valence-corrected chi connectivity index (χ4v) is 4.78. The molecule has 5 nitrogen and oxygen atoms in total. The van der Waals surface area contributed by atoms with Crippen LogP contribution in [0.1, 0.15) is 46.5 Å². The third kappa shape index (κ3) is 5.41. The minimum Gasteiger partial charge on any atom is -0.444 e. The lowest BCUT2D eigenvalue weighted by molar-refractivity contribution is 0.0152. The molecule has 2 heterocycles. The van der Waals surface area contributed by atoms with Gasteiger partial charge in [0.25, 0.3) is 0 Å². The van der Waals surface area contributed by atoms with Crippen LogP contribution in [-0.2, 0) is 4.74 Å². The number of nitrogens with zero attached hydrogens (tertiary/aromatic N) is 3. The van der Waals surface area contributed by atoms with Crippen molar-refractivity contribution in [1.29, 1.82) is 0 Å². The molecule has 0 atom stereocenters. The average Bonchev–Trinajstić information content (AvgIpc) is 2.66. The van der Waals surface area contributed by atoms with E-state index in [1.54, 1.807) is 0 Å². The molecule has 1 amide bonds. The smallest absolute Gasteiger partial charge is 0.410 e. The third-order valence-corrected chi connectivity index (χ3v) is 6.22. The van der Waals surface area contributed by atoms with Gasteiger partial charge in [-0.3, -0.25) is 0 Å². The van der Waals surface area contributed by atoms with Gasteiger partial charge >= 0.3 is 6.09 Å². The number of amides is 1. The van der Waals surface area contributed by atoms with Gasteiger partial charge in [-0.25, -0.2) is 9.64 Å². The third-order valence-electron chi connectivity index (χ3n) is 5.76. The summed E-state index contributed by atoms with van der Waals surface area (Å²) >= 11 is 3.52. The van der Waals surface area contributed by atoms with E-state index in [9.17, 15) is 4.79 Å². The quantitative estimate of drug-likeness (QED) is 0.532. The number of ether oxygens (including phenoxy) is 1. The molecule has 1 aromatic rings. The van der Waals surface area contributed by atoms with Gasteiger partial charge in [0.1, 0.15) is 5.60 Å². The van der Waals surface area contributed by atoms with Crippen LogP contribution in [0.5, 0.6) is 0 Å². The number of carbonyl (C=O) groups excluding carboxylic acids is 1. The first-order valence-corrected chi connectivity index (χ1v) is 11.0. The van der Waals surface area contributed by atoms with Crippen molar-refractivity contribution in [3.05, 3.63) is 34.1 Å². The van der Waals surface area contributed by atoms with E-state index in [1.165, 1.54) is 12.8 Å². The molecule has 0 N–H and O–H groups in total. The fraction of sp³-hybridized carbons (Fsp3) is 0.636. The zero-order chi connectivity index (χ0) is 20.3. The topological polar surface area (TPSA) is 37.1 Å². The monoisotopic (exact) mass is 447 g/mol. The molecule has 0 aromatic heterocycles. The number of hydrogen-bond acceptors (Lipinski definition) is 3. The maximum absolute atomic E-state index is 12.2. The fourth-order valence-electron chi connectivity index (χ4n) is 4.32. The molecule has 2 fully saturated rings. The Hall–Kier alpha value is -1.74. The minimum absolute atomic E-state index is 0.175. The number of anilines is 1. The van der Waals surface area contributed by atoms with Gasteiger partial charge in [-0.1, -0.05) is 15.9 Å². The standard InChI is InChI=1S/C22H30BrN3O2/c1-22(2,3)28-21(27)26-11-7-17(8-12-26)16-5-9-25(10-6-16)20-14-18(23)13-19(15-20)24-4/h13-17H,5-12H2,1-3H3. The molecule has 152 valence electrons. The van der Waals surface area contributed by atoms with Gasteiger partial charge < -0.3 is 14.5 Å². The van der Waals surface area contributed by atoms with Crippen LogP contribution in [0.25, 0.3) is 4.85 Å². The molecule has 6 heteroatoms. The highest BCUT2D eigenvalue weighted by Gasteiger charge is 2.32. The number of rotatable bonds is 2. The number of carbonyl (C=O) groups is 1. The Morgan fingerprint density at radius 1 is 1.07 bits per heavy atom. The molecule has 2 saturated heterocycles. The Morgan fingerprint density at radius 2 is 1.64 bits per heavy atom. The SMILES string of the molecule is [C-]#[N+]c1cc(Br)cc(N2CCC(C3CCN(C(=O)OC(C)(C)C)CC3)CC2)c1. The average molecular weight is 448 g/mol. The van der Waals surface area contributed by atoms with Gasteiger partial charge in [0.2, 0.25) is 0 Å². The summed E-state index contributed by atoms with van der Waals surface area (Å²) in [7, 11) is 0. The Balaban J connectivity index is 1.49. The zero-order valence-corrected chi connectivity index (χ0v) is 18.7. The molecule has 0 spiro atoms. The van der Waals surface area contributed by atoms with Crippen LogP contribution in [0, 0.1) is 18.4 Å². The summed E-state index contributed by atoms with van der Waals surface area (Å²) in [5.74, 6) is 1.42. The lowest BCUT2D eigenvalue weighted by Crippen LogP contribution is -2.44. The van der Waals surface area contributed by atoms with Crippen LogP contribution in [-0.4, -0.2) is 42.8 Å². The number of hydrogen-bond donors (Lipinski definition) is 0. The summed E-state index contributed by atoms with van der Waals surface area (Å²) in [6.07, 6.45) is 4.32. The van der Waals surface area contributed by atoms with Gasteiger partial charge in [0.15, 0.2) is 5.69 Å². The lowest BCUT2D eigenvalue weighted by Gasteiger charge is -2.41. The summed E-state index contributed by atoms with van der Waals surface area (Å²) in [5, 5.41) is 0. The molecule has 0 saturated carbocycles. The van der Waals surface area contributed by atoms with E-state index < -0.39 is 5.60 Å². The second kappa shape index (κ2) is 8.73. The molecule has 0 bridgehead atoms. The van der Waals surface area contributed by atoms with Crippen molar-refractivity contribution in [1.82, 2.24) is 4.90 Å². The predicted octanol–water partition coefficient (Wildman–Crippen LogP) is 5.86. The van der Waals surface area contributed by atoms with E-state index in [0.717, 1.165) is 55.1 Å². The highest BCUT2D eigenvalue weighted by molar-refractivity contribution is 9.10. The first kappa shape index (κ1) is 21.0. The van der Waals surface area contributed by atoms with Crippen molar-refractivity contribution in [2.75, 3.05) is 31.1 Å². The van der Waals surface area contributed by atoms with Crippen molar-refractivity contribution in [2.45, 2.75) is 52.1 Å². The van der Waals surface area contributed by atoms with Crippen molar-refractivity contribution in [3.8, 4) is 0 Å². The molecule has 2 aliphatic heterocycles. The summed E-state index contributed by atoms with van der Waals surface area (Å²) in [4.78, 5) is 20.1. The van der Waals surface area contributed by atoms with Crippen LogP contribution in [0.3, 0.4) is 0 Å². The molecule has 3 rings (SSSR count). The molecule has 28 heavy (non-hydrogen) atoms. The van der Waals surface area contributed by atoms with Crippen LogP contribution >= 0.6 is 15.9 Å². The van der Waals surface area contributed by atoms with Crippen molar-refractivity contribution >= 4 is 33.4 Å². The molecule has 1 aromatic carbocycles. The predicted molar refractivity (Wildman–Crippen MR) is 116 cm³/mol. The van der Waals surface area contributed by atoms with Crippen LogP contribution in [0.2, 0.25) is 0 Å². The molecule has 0 unspecified atom stereocenters. The van der Waals surface area contributed by atoms with Gasteiger partial charge in [-0.15, -0.1) is 0 Å². The maximum atomic E-state index is 12.2. The molecular formula is C22H30BrN3O2. The normalized spacial score (nSPS) is 19.4. The van der Waals surface area contributed by atoms with E-state index in [4.69, 9.17) is 11.3 Å². The zero-order valence-electron chi connectivity index (χ0n) is 17.1. The number of halogens is 1. The second-order valence-electron chi connectivity index (χ2n) is 8.91. The van der Waals surface area contributed by atoms with Gasteiger partial charge in [0, 0.05) is 36.3 Å². The Bertz CT molecular complexity index is 737. The first-order valence-electron chi connectivity index (χ1n) is 10.2. The van der Waals surface area contributed by atoms with Crippen LogP contribution < -0.4 is 4.90 Å². The molecular weight excluding hydrogens is 418 g/mol. The van der Waals surface area contributed by atoms with E-state index >= 15 is 0 Å². The van der Waals surface area contributed by atoms with Gasteiger partial charge in [-0.05, 0) is 76.5 Å². The van der Waals surface area contributed by atoms with Gasteiger partial charge in [-0.2, -0.15) is 0 Å².